The first-order valence-electron chi connectivity index (χ1n) is 11.9. The smallest absolute Gasteiger partial charge is 0.407 e. The molecule has 1 saturated heterocycles. The average molecular weight is 481 g/mol. The fourth-order valence-electron chi connectivity index (χ4n) is 4.78. The summed E-state index contributed by atoms with van der Waals surface area (Å²) in [4.78, 5) is 38.9. The Balaban J connectivity index is 1.45. The Morgan fingerprint density at radius 2 is 1.66 bits per heavy atom. The van der Waals surface area contributed by atoms with Gasteiger partial charge in [0.25, 0.3) is 0 Å². The van der Waals surface area contributed by atoms with Crippen LogP contribution >= 0.6 is 0 Å². The molecule has 8 heteroatoms. The Labute approximate surface area is 205 Å². The Hall–Kier alpha value is -3.39. The largest absolute Gasteiger partial charge is 0.480 e. The van der Waals surface area contributed by atoms with Gasteiger partial charge in [0.15, 0.2) is 0 Å². The maximum absolute atomic E-state index is 13.2. The lowest BCUT2D eigenvalue weighted by Gasteiger charge is -2.29. The number of nitrogens with one attached hydrogen (secondary N) is 1. The highest BCUT2D eigenvalue weighted by Gasteiger charge is 2.38. The predicted octanol–water partition coefficient (Wildman–Crippen LogP) is 3.78. The summed E-state index contributed by atoms with van der Waals surface area (Å²) in [6.45, 7) is 5.89. The van der Waals surface area contributed by atoms with E-state index in [-0.39, 0.29) is 19.1 Å². The molecule has 1 heterocycles. The van der Waals surface area contributed by atoms with Crippen LogP contribution in [0.25, 0.3) is 11.1 Å². The molecule has 0 aromatic heterocycles. The third kappa shape index (κ3) is 5.48. The number of hydrogen-bond donors (Lipinski definition) is 2. The van der Waals surface area contributed by atoms with E-state index < -0.39 is 35.7 Å². The molecule has 0 radical (unpaired) electrons. The Bertz CT molecular complexity index is 1060. The molecule has 2 aliphatic rings. The zero-order valence-electron chi connectivity index (χ0n) is 20.3. The van der Waals surface area contributed by atoms with Crippen LogP contribution in [0.15, 0.2) is 48.5 Å². The second kappa shape index (κ2) is 10.1. The minimum atomic E-state index is -1.05. The molecule has 1 fully saturated rings. The van der Waals surface area contributed by atoms with Gasteiger partial charge in [0.05, 0.1) is 12.2 Å². The van der Waals surface area contributed by atoms with Crippen LogP contribution < -0.4 is 5.32 Å². The maximum Gasteiger partial charge on any atom is 0.407 e. The van der Waals surface area contributed by atoms with Gasteiger partial charge in [-0.2, -0.15) is 0 Å². The molecule has 1 aliphatic heterocycles. The summed E-state index contributed by atoms with van der Waals surface area (Å²) in [5, 5.41) is 12.1. The first-order valence-corrected chi connectivity index (χ1v) is 11.9. The van der Waals surface area contributed by atoms with Crippen molar-refractivity contribution in [3.63, 3.8) is 0 Å². The van der Waals surface area contributed by atoms with Crippen molar-refractivity contribution in [1.29, 1.82) is 0 Å². The van der Waals surface area contributed by atoms with E-state index in [9.17, 15) is 19.5 Å². The van der Waals surface area contributed by atoms with Crippen LogP contribution in [-0.4, -0.2) is 65.4 Å². The monoisotopic (exact) mass is 480 g/mol. The summed E-state index contributed by atoms with van der Waals surface area (Å²) in [5.74, 6) is -1.64. The summed E-state index contributed by atoms with van der Waals surface area (Å²) in [5.41, 5.74) is 3.88. The second-order valence-corrected chi connectivity index (χ2v) is 9.97. The highest BCUT2D eigenvalue weighted by Crippen LogP contribution is 2.44. The molecular formula is C27H32N2O6. The molecule has 2 aromatic carbocycles. The van der Waals surface area contributed by atoms with Gasteiger partial charge in [0.1, 0.15) is 18.7 Å². The number of hydrogen-bond acceptors (Lipinski definition) is 5. The average Bonchev–Trinajstić information content (AvgIpc) is 3.43. The predicted molar refractivity (Wildman–Crippen MR) is 130 cm³/mol. The summed E-state index contributed by atoms with van der Waals surface area (Å²) in [6.07, 6.45) is 0.244. The zero-order chi connectivity index (χ0) is 25.2. The third-order valence-electron chi connectivity index (χ3n) is 6.44. The summed E-state index contributed by atoms with van der Waals surface area (Å²) < 4.78 is 11.4. The molecule has 35 heavy (non-hydrogen) atoms. The number of carbonyl (C=O) groups excluding carboxylic acids is 2. The number of carbonyl (C=O) groups is 3. The number of carboxylic acids is 1. The number of aliphatic carboxylic acids is 1. The standard InChI is InChI=1S/C27H32N2O6/c1-27(2,3)35-16-22(24(30)29-14-8-13-23(29)25(31)32)28-26(33)34-15-21-19-11-6-4-9-17(19)18-10-5-7-12-20(18)21/h4-7,9-12,21-23H,8,13-16H2,1-3H3,(H,28,33)(H,31,32)/t22-,23+/m0/s1. The molecule has 0 bridgehead atoms. The van der Waals surface area contributed by atoms with Gasteiger partial charge in [-0.25, -0.2) is 9.59 Å². The molecule has 4 rings (SSSR count). The van der Waals surface area contributed by atoms with Crippen molar-refractivity contribution in [2.45, 2.75) is 57.2 Å². The van der Waals surface area contributed by atoms with Crippen LogP contribution in [0.4, 0.5) is 4.79 Å². The molecule has 186 valence electrons. The SMILES string of the molecule is CC(C)(C)OC[C@H](NC(=O)OCC1c2ccccc2-c2ccccc21)C(=O)N1CCC[C@@H]1C(=O)O. The van der Waals surface area contributed by atoms with Crippen LogP contribution in [-0.2, 0) is 19.1 Å². The van der Waals surface area contributed by atoms with Gasteiger partial charge >= 0.3 is 12.1 Å². The molecular weight excluding hydrogens is 448 g/mol. The van der Waals surface area contributed by atoms with E-state index >= 15 is 0 Å². The van der Waals surface area contributed by atoms with Crippen LogP contribution in [0.2, 0.25) is 0 Å². The van der Waals surface area contributed by atoms with Gasteiger partial charge < -0.3 is 24.8 Å². The van der Waals surface area contributed by atoms with Crippen molar-refractivity contribution < 1.29 is 29.0 Å². The van der Waals surface area contributed by atoms with E-state index in [4.69, 9.17) is 9.47 Å². The summed E-state index contributed by atoms with van der Waals surface area (Å²) in [6, 6.07) is 14.1. The van der Waals surface area contributed by atoms with E-state index in [0.717, 1.165) is 22.3 Å². The Kier molecular flexibility index (Phi) is 7.12. The Morgan fingerprint density at radius 3 is 2.23 bits per heavy atom. The van der Waals surface area contributed by atoms with Gasteiger partial charge in [-0.05, 0) is 55.9 Å². The second-order valence-electron chi connectivity index (χ2n) is 9.97. The number of carboxylic acid groups (broad SMARTS) is 1. The fraction of sp³-hybridized carbons (Fsp3) is 0.444. The topological polar surface area (TPSA) is 105 Å². The lowest BCUT2D eigenvalue weighted by molar-refractivity contribution is -0.150. The number of alkyl carbamates (subject to hydrolysis) is 1. The van der Waals surface area contributed by atoms with Gasteiger partial charge in [-0.15, -0.1) is 0 Å². The van der Waals surface area contributed by atoms with E-state index in [1.807, 2.05) is 57.2 Å². The number of amides is 2. The molecule has 2 atom stereocenters. The Morgan fingerprint density at radius 1 is 1.06 bits per heavy atom. The molecule has 2 amide bonds. The molecule has 0 unspecified atom stereocenters. The highest BCUT2D eigenvalue weighted by molar-refractivity contribution is 5.90. The molecule has 8 nitrogen and oxygen atoms in total. The minimum Gasteiger partial charge on any atom is -0.480 e. The summed E-state index contributed by atoms with van der Waals surface area (Å²) in [7, 11) is 0. The van der Waals surface area contributed by atoms with Gasteiger partial charge in [0.2, 0.25) is 5.91 Å². The maximum atomic E-state index is 13.2. The van der Waals surface area contributed by atoms with Crippen molar-refractivity contribution >= 4 is 18.0 Å². The van der Waals surface area contributed by atoms with E-state index in [2.05, 4.69) is 17.4 Å². The first kappa shape index (κ1) is 24.7. The van der Waals surface area contributed by atoms with Crippen molar-refractivity contribution in [2.75, 3.05) is 19.8 Å². The van der Waals surface area contributed by atoms with Crippen LogP contribution in [0.3, 0.4) is 0 Å². The molecule has 1 aliphatic carbocycles. The highest BCUT2D eigenvalue weighted by atomic mass is 16.5. The van der Waals surface area contributed by atoms with Crippen LogP contribution in [0.5, 0.6) is 0 Å². The lowest BCUT2D eigenvalue weighted by atomic mass is 9.98. The number of fused-ring (bicyclic) bond motifs is 3. The van der Waals surface area contributed by atoms with Gasteiger partial charge in [-0.1, -0.05) is 48.5 Å². The lowest BCUT2D eigenvalue weighted by Crippen LogP contribution is -2.54. The summed E-state index contributed by atoms with van der Waals surface area (Å²) >= 11 is 0. The number of ether oxygens (including phenoxy) is 2. The van der Waals surface area contributed by atoms with E-state index in [1.165, 1.54) is 4.90 Å². The molecule has 0 spiro atoms. The van der Waals surface area contributed by atoms with Crippen molar-refractivity contribution in [2.24, 2.45) is 0 Å². The number of likely N-dealkylation sites (tertiary alicyclic amines) is 1. The molecule has 0 saturated carbocycles. The minimum absolute atomic E-state index is 0.0879. The molecule has 2 N–H and O–H groups in total. The van der Waals surface area contributed by atoms with E-state index in [0.29, 0.717) is 19.4 Å². The van der Waals surface area contributed by atoms with Gasteiger partial charge in [0, 0.05) is 12.5 Å². The quantitative estimate of drug-likeness (QED) is 0.625. The van der Waals surface area contributed by atoms with Gasteiger partial charge in [-0.3, -0.25) is 4.79 Å². The fourth-order valence-corrected chi connectivity index (χ4v) is 4.78. The normalized spacial score (nSPS) is 18.0. The van der Waals surface area contributed by atoms with E-state index in [1.54, 1.807) is 0 Å². The number of rotatable bonds is 7. The number of nitrogens with zero attached hydrogens (tertiary/aromatic N) is 1. The van der Waals surface area contributed by atoms with Crippen molar-refractivity contribution in [3.8, 4) is 11.1 Å². The van der Waals surface area contributed by atoms with Crippen molar-refractivity contribution in [1.82, 2.24) is 10.2 Å². The van der Waals surface area contributed by atoms with Crippen LogP contribution in [0.1, 0.15) is 50.7 Å². The third-order valence-corrected chi connectivity index (χ3v) is 6.44. The molecule has 2 aromatic rings. The van der Waals surface area contributed by atoms with Crippen molar-refractivity contribution in [3.05, 3.63) is 59.7 Å². The number of benzene rings is 2. The zero-order valence-corrected chi connectivity index (χ0v) is 20.3. The van der Waals surface area contributed by atoms with Crippen LogP contribution in [0, 0.1) is 0 Å². The first-order chi connectivity index (χ1) is 16.7.